The first-order valence-corrected chi connectivity index (χ1v) is 9.08. The monoisotopic (exact) mass is 450 g/mol. The van der Waals surface area contributed by atoms with E-state index in [0.717, 1.165) is 14.8 Å². The first-order valence-electron chi connectivity index (χ1n) is 8.00. The normalized spacial score (nSPS) is 16.8. The van der Waals surface area contributed by atoms with Crippen LogP contribution in [0, 0.1) is 16.4 Å². The van der Waals surface area contributed by atoms with Crippen molar-refractivity contribution in [2.45, 2.75) is 13.3 Å². The van der Waals surface area contributed by atoms with Gasteiger partial charge in [0.05, 0.1) is 18.7 Å². The Kier molecular flexibility index (Phi) is 5.27. The fraction of sp³-hybridized carbons (Fsp3) is 0.263. The van der Waals surface area contributed by atoms with Gasteiger partial charge in [-0.15, -0.1) is 0 Å². The van der Waals surface area contributed by atoms with Gasteiger partial charge >= 0.3 is 0 Å². The third-order valence-corrected chi connectivity index (χ3v) is 5.47. The number of aryl methyl sites for hydroxylation is 1. The van der Waals surface area contributed by atoms with E-state index in [9.17, 15) is 9.59 Å². The van der Waals surface area contributed by atoms with E-state index >= 15 is 0 Å². The first-order chi connectivity index (χ1) is 12.0. The Morgan fingerprint density at radius 1 is 1.28 bits per heavy atom. The van der Waals surface area contributed by atoms with Crippen LogP contribution in [0.3, 0.4) is 0 Å². The van der Waals surface area contributed by atoms with Gasteiger partial charge in [0.25, 0.3) is 0 Å². The summed E-state index contributed by atoms with van der Waals surface area (Å²) in [5, 5.41) is 2.92. The molecule has 0 saturated carbocycles. The number of anilines is 2. The summed E-state index contributed by atoms with van der Waals surface area (Å²) >= 11 is 2.24. The van der Waals surface area contributed by atoms with Crippen LogP contribution < -0.4 is 15.0 Å². The zero-order valence-corrected chi connectivity index (χ0v) is 16.2. The van der Waals surface area contributed by atoms with E-state index in [1.165, 1.54) is 0 Å². The molecule has 2 aromatic carbocycles. The molecule has 1 aliphatic rings. The van der Waals surface area contributed by atoms with Gasteiger partial charge in [-0.3, -0.25) is 9.59 Å². The van der Waals surface area contributed by atoms with Gasteiger partial charge in [0.1, 0.15) is 5.75 Å². The third-order valence-electron chi connectivity index (χ3n) is 4.31. The van der Waals surface area contributed by atoms with Crippen LogP contribution in [0.2, 0.25) is 0 Å². The van der Waals surface area contributed by atoms with Crippen LogP contribution in [0.5, 0.6) is 5.75 Å². The number of methoxy groups -OCH3 is 1. The summed E-state index contributed by atoms with van der Waals surface area (Å²) in [6, 6.07) is 13.1. The molecule has 0 radical (unpaired) electrons. The predicted octanol–water partition coefficient (Wildman–Crippen LogP) is 3.60. The Hall–Kier alpha value is -2.09. The molecule has 2 amide bonds. The fourth-order valence-electron chi connectivity index (χ4n) is 2.88. The van der Waals surface area contributed by atoms with E-state index in [1.807, 2.05) is 49.4 Å². The number of nitrogens with zero attached hydrogens (tertiary/aromatic N) is 1. The van der Waals surface area contributed by atoms with Gasteiger partial charge in [0.2, 0.25) is 11.8 Å². The predicted molar refractivity (Wildman–Crippen MR) is 106 cm³/mol. The van der Waals surface area contributed by atoms with Crippen molar-refractivity contribution in [2.24, 2.45) is 5.92 Å². The lowest BCUT2D eigenvalue weighted by Gasteiger charge is -2.19. The van der Waals surface area contributed by atoms with Gasteiger partial charge in [-0.1, -0.05) is 18.2 Å². The number of ether oxygens (including phenoxy) is 1. The minimum absolute atomic E-state index is 0.0665. The van der Waals surface area contributed by atoms with Gasteiger partial charge in [-0.2, -0.15) is 0 Å². The minimum atomic E-state index is -0.378. The second-order valence-corrected chi connectivity index (χ2v) is 7.19. The van der Waals surface area contributed by atoms with E-state index in [-0.39, 0.29) is 24.2 Å². The Labute approximate surface area is 160 Å². The van der Waals surface area contributed by atoms with Gasteiger partial charge in [0.15, 0.2) is 0 Å². The lowest BCUT2D eigenvalue weighted by atomic mass is 10.1. The molecule has 5 nitrogen and oxygen atoms in total. The Balaban J connectivity index is 1.73. The molecular formula is C19H19IN2O3. The van der Waals surface area contributed by atoms with E-state index < -0.39 is 0 Å². The molecule has 130 valence electrons. The van der Waals surface area contributed by atoms with Crippen LogP contribution >= 0.6 is 22.6 Å². The third kappa shape index (κ3) is 3.78. The minimum Gasteiger partial charge on any atom is -0.495 e. The average molecular weight is 450 g/mol. The number of amides is 2. The SMILES string of the molecule is COc1ccccc1N1CC(C(=O)Nc2ccc(C)c(I)c2)CC1=O. The quantitative estimate of drug-likeness (QED) is 0.725. The van der Waals surface area contributed by atoms with E-state index in [0.29, 0.717) is 18.0 Å². The number of halogens is 1. The molecular weight excluding hydrogens is 431 g/mol. The Morgan fingerprint density at radius 3 is 2.76 bits per heavy atom. The number of carbonyl (C=O) groups excluding carboxylic acids is 2. The average Bonchev–Trinajstić information content (AvgIpc) is 3.00. The molecule has 2 aromatic rings. The number of carbonyl (C=O) groups is 2. The first kappa shape index (κ1) is 17.7. The highest BCUT2D eigenvalue weighted by Crippen LogP contribution is 2.33. The van der Waals surface area contributed by atoms with Crippen molar-refractivity contribution in [2.75, 3.05) is 23.9 Å². The van der Waals surface area contributed by atoms with Crippen molar-refractivity contribution in [3.63, 3.8) is 0 Å². The molecule has 1 aliphatic heterocycles. The van der Waals surface area contributed by atoms with Crippen molar-refractivity contribution < 1.29 is 14.3 Å². The van der Waals surface area contributed by atoms with Gasteiger partial charge in [-0.05, 0) is 59.3 Å². The molecule has 1 unspecified atom stereocenters. The molecule has 1 fully saturated rings. The number of hydrogen-bond acceptors (Lipinski definition) is 3. The standard InChI is InChI=1S/C19H19IN2O3/c1-12-7-8-14(10-15(12)20)21-19(24)13-9-18(23)22(11-13)16-5-3-4-6-17(16)25-2/h3-8,10,13H,9,11H2,1-2H3,(H,21,24). The van der Waals surface area contributed by atoms with Crippen molar-refractivity contribution in [1.82, 2.24) is 0 Å². The zero-order chi connectivity index (χ0) is 18.0. The molecule has 1 N–H and O–H groups in total. The van der Waals surface area contributed by atoms with Crippen molar-refractivity contribution in [3.05, 3.63) is 51.6 Å². The molecule has 6 heteroatoms. The summed E-state index contributed by atoms with van der Waals surface area (Å²) in [6.45, 7) is 2.38. The molecule has 1 saturated heterocycles. The lowest BCUT2D eigenvalue weighted by Crippen LogP contribution is -2.28. The highest BCUT2D eigenvalue weighted by molar-refractivity contribution is 14.1. The molecule has 0 spiro atoms. The van der Waals surface area contributed by atoms with Crippen LogP contribution in [-0.4, -0.2) is 25.5 Å². The number of hydrogen-bond donors (Lipinski definition) is 1. The van der Waals surface area contributed by atoms with Gasteiger partial charge < -0.3 is 15.0 Å². The van der Waals surface area contributed by atoms with Gasteiger partial charge in [0, 0.05) is 22.2 Å². The molecule has 25 heavy (non-hydrogen) atoms. The zero-order valence-electron chi connectivity index (χ0n) is 14.1. The van der Waals surface area contributed by atoms with Crippen LogP contribution in [0.15, 0.2) is 42.5 Å². The molecule has 1 atom stereocenters. The van der Waals surface area contributed by atoms with Crippen LogP contribution in [0.25, 0.3) is 0 Å². The molecule has 1 heterocycles. The van der Waals surface area contributed by atoms with Crippen LogP contribution in [0.1, 0.15) is 12.0 Å². The maximum atomic E-state index is 12.6. The summed E-state index contributed by atoms with van der Waals surface area (Å²) in [4.78, 5) is 26.6. The molecule has 3 rings (SSSR count). The Morgan fingerprint density at radius 2 is 2.04 bits per heavy atom. The molecule has 0 aliphatic carbocycles. The number of nitrogens with one attached hydrogen (secondary N) is 1. The maximum absolute atomic E-state index is 12.6. The Bertz CT molecular complexity index is 822. The van der Waals surface area contributed by atoms with Crippen molar-refractivity contribution in [1.29, 1.82) is 0 Å². The maximum Gasteiger partial charge on any atom is 0.229 e. The van der Waals surface area contributed by atoms with E-state index in [4.69, 9.17) is 4.74 Å². The summed E-state index contributed by atoms with van der Waals surface area (Å²) < 4.78 is 6.42. The largest absolute Gasteiger partial charge is 0.495 e. The van der Waals surface area contributed by atoms with E-state index in [2.05, 4.69) is 27.9 Å². The molecule has 0 bridgehead atoms. The highest BCUT2D eigenvalue weighted by atomic mass is 127. The lowest BCUT2D eigenvalue weighted by molar-refractivity contribution is -0.122. The fourth-order valence-corrected chi connectivity index (χ4v) is 3.40. The van der Waals surface area contributed by atoms with Crippen LogP contribution in [-0.2, 0) is 9.59 Å². The topological polar surface area (TPSA) is 58.6 Å². The van der Waals surface area contributed by atoms with Crippen molar-refractivity contribution >= 4 is 45.8 Å². The number of benzene rings is 2. The van der Waals surface area contributed by atoms with E-state index in [1.54, 1.807) is 12.0 Å². The highest BCUT2D eigenvalue weighted by Gasteiger charge is 2.36. The molecule has 0 aromatic heterocycles. The van der Waals surface area contributed by atoms with Gasteiger partial charge in [-0.25, -0.2) is 0 Å². The summed E-state index contributed by atoms with van der Waals surface area (Å²) in [5.41, 5.74) is 2.62. The van der Waals surface area contributed by atoms with Crippen molar-refractivity contribution in [3.8, 4) is 5.75 Å². The number of rotatable bonds is 4. The second-order valence-electron chi connectivity index (χ2n) is 6.03. The second kappa shape index (κ2) is 7.43. The smallest absolute Gasteiger partial charge is 0.229 e. The van der Waals surface area contributed by atoms with Crippen LogP contribution in [0.4, 0.5) is 11.4 Å². The summed E-state index contributed by atoms with van der Waals surface area (Å²) in [6.07, 6.45) is 0.201. The number of para-hydroxylation sites is 2. The summed E-state index contributed by atoms with van der Waals surface area (Å²) in [5.74, 6) is 0.0508. The summed E-state index contributed by atoms with van der Waals surface area (Å²) in [7, 11) is 1.57.